The number of rotatable bonds is 6. The molecule has 290 valence electrons. The van der Waals surface area contributed by atoms with Gasteiger partial charge in [0, 0.05) is 65.8 Å². The molecule has 13 aromatic rings. The lowest BCUT2D eigenvalue weighted by Gasteiger charge is -2.27. The highest BCUT2D eigenvalue weighted by Gasteiger charge is 2.21. The highest BCUT2D eigenvalue weighted by molar-refractivity contribution is 6.22. The topological polar surface area (TPSA) is 32.8 Å². The number of benzene rings is 11. The Balaban J connectivity index is 0.919. The van der Waals surface area contributed by atoms with Crippen molar-refractivity contribution in [3.05, 3.63) is 218 Å². The lowest BCUT2D eigenvalue weighted by Crippen LogP contribution is -2.10. The van der Waals surface area contributed by atoms with Crippen molar-refractivity contribution in [2.45, 2.75) is 0 Å². The zero-order chi connectivity index (χ0) is 40.7. The minimum atomic E-state index is 0.845. The molecule has 0 unspecified atom stereocenters. The van der Waals surface area contributed by atoms with E-state index in [0.29, 0.717) is 0 Å². The average molecular weight is 793 g/mol. The third-order valence-electron chi connectivity index (χ3n) is 12.6. The fourth-order valence-corrected chi connectivity index (χ4v) is 9.68. The minimum absolute atomic E-state index is 0.845. The number of hydrogen-bond donors (Lipinski definition) is 0. The van der Waals surface area contributed by atoms with Crippen molar-refractivity contribution in [3.8, 4) is 0 Å². The first-order valence-corrected chi connectivity index (χ1v) is 21.1. The van der Waals surface area contributed by atoms with Gasteiger partial charge in [-0.3, -0.25) is 0 Å². The lowest BCUT2D eigenvalue weighted by atomic mass is 10.0. The van der Waals surface area contributed by atoms with Gasteiger partial charge in [0.1, 0.15) is 22.3 Å². The molecule has 2 heterocycles. The molecule has 0 bridgehead atoms. The molecular weight excluding hydrogens is 757 g/mol. The second-order valence-corrected chi connectivity index (χ2v) is 16.1. The molecule has 0 fully saturated rings. The van der Waals surface area contributed by atoms with Crippen LogP contribution in [-0.4, -0.2) is 0 Å². The summed E-state index contributed by atoms with van der Waals surface area (Å²) < 4.78 is 13.6. The summed E-state index contributed by atoms with van der Waals surface area (Å²) in [7, 11) is 0. The molecule has 4 nitrogen and oxygen atoms in total. The van der Waals surface area contributed by atoms with Crippen LogP contribution < -0.4 is 9.80 Å². The van der Waals surface area contributed by atoms with E-state index in [-0.39, 0.29) is 0 Å². The maximum atomic E-state index is 6.80. The highest BCUT2D eigenvalue weighted by Crippen LogP contribution is 2.45. The molecule has 11 aromatic carbocycles. The predicted octanol–water partition coefficient (Wildman–Crippen LogP) is 17.0. The molecule has 0 amide bonds. The van der Waals surface area contributed by atoms with Crippen molar-refractivity contribution >= 4 is 121 Å². The summed E-state index contributed by atoms with van der Waals surface area (Å²) >= 11 is 0. The largest absolute Gasteiger partial charge is 0.455 e. The van der Waals surface area contributed by atoms with Gasteiger partial charge in [0.15, 0.2) is 0 Å². The molecule has 0 saturated heterocycles. The number of para-hydroxylation sites is 2. The van der Waals surface area contributed by atoms with E-state index in [1.807, 2.05) is 0 Å². The summed E-state index contributed by atoms with van der Waals surface area (Å²) in [5.41, 5.74) is 10.1. The van der Waals surface area contributed by atoms with E-state index in [0.717, 1.165) is 99.5 Å². The molecule has 4 heteroatoms. The van der Waals surface area contributed by atoms with Crippen molar-refractivity contribution in [2.24, 2.45) is 0 Å². The van der Waals surface area contributed by atoms with Crippen molar-refractivity contribution in [3.63, 3.8) is 0 Å². The third kappa shape index (κ3) is 5.33. The number of anilines is 6. The normalized spacial score (nSPS) is 11.9. The maximum absolute atomic E-state index is 6.80. The van der Waals surface area contributed by atoms with Gasteiger partial charge in [-0.15, -0.1) is 0 Å². The Bertz CT molecular complexity index is 3620. The van der Waals surface area contributed by atoms with Gasteiger partial charge in [-0.1, -0.05) is 121 Å². The zero-order valence-corrected chi connectivity index (χ0v) is 33.5. The first-order chi connectivity index (χ1) is 30.7. The van der Waals surface area contributed by atoms with Gasteiger partial charge in [-0.2, -0.15) is 0 Å². The van der Waals surface area contributed by atoms with Crippen molar-refractivity contribution in [1.82, 2.24) is 0 Å². The van der Waals surface area contributed by atoms with Gasteiger partial charge in [0.25, 0.3) is 0 Å². The molecule has 0 atom stereocenters. The Labute approximate surface area is 356 Å². The Morgan fingerprint density at radius 1 is 0.242 bits per heavy atom. The van der Waals surface area contributed by atoms with Gasteiger partial charge in [0.05, 0.1) is 11.4 Å². The van der Waals surface area contributed by atoms with Crippen molar-refractivity contribution in [1.29, 1.82) is 0 Å². The summed E-state index contributed by atoms with van der Waals surface area (Å²) in [5, 5.41) is 13.4. The fourth-order valence-electron chi connectivity index (χ4n) is 9.68. The van der Waals surface area contributed by atoms with E-state index >= 15 is 0 Å². The summed E-state index contributed by atoms with van der Waals surface area (Å²) in [6, 6.07) is 77.9. The molecule has 0 N–H and O–H groups in total. The molecular formula is C58H36N2O2. The van der Waals surface area contributed by atoms with Crippen molar-refractivity contribution in [2.75, 3.05) is 9.80 Å². The molecule has 0 aliphatic rings. The van der Waals surface area contributed by atoms with E-state index in [4.69, 9.17) is 8.83 Å². The van der Waals surface area contributed by atoms with Crippen LogP contribution in [-0.2, 0) is 0 Å². The number of furan rings is 2. The smallest absolute Gasteiger partial charge is 0.143 e. The van der Waals surface area contributed by atoms with Crippen LogP contribution in [0, 0.1) is 0 Å². The van der Waals surface area contributed by atoms with Crippen LogP contribution >= 0.6 is 0 Å². The second kappa shape index (κ2) is 13.6. The number of fused-ring (bicyclic) bond motifs is 12. The first kappa shape index (κ1) is 34.5. The van der Waals surface area contributed by atoms with E-state index in [2.05, 4.69) is 228 Å². The molecule has 0 spiro atoms. The summed E-state index contributed by atoms with van der Waals surface area (Å²) in [6.07, 6.45) is 0. The predicted molar refractivity (Wildman–Crippen MR) is 260 cm³/mol. The third-order valence-corrected chi connectivity index (χ3v) is 12.6. The van der Waals surface area contributed by atoms with E-state index in [9.17, 15) is 0 Å². The quantitative estimate of drug-likeness (QED) is 0.168. The van der Waals surface area contributed by atoms with Gasteiger partial charge < -0.3 is 18.6 Å². The maximum Gasteiger partial charge on any atom is 0.143 e. The Hall–Kier alpha value is -8.34. The van der Waals surface area contributed by atoms with Crippen LogP contribution in [0.15, 0.2) is 227 Å². The van der Waals surface area contributed by atoms with E-state index in [1.165, 1.54) is 21.5 Å². The van der Waals surface area contributed by atoms with Gasteiger partial charge in [-0.05, 0) is 119 Å². The molecule has 2 aromatic heterocycles. The molecule has 0 saturated carbocycles. The first-order valence-electron chi connectivity index (χ1n) is 21.1. The Kier molecular flexibility index (Phi) is 7.57. The lowest BCUT2D eigenvalue weighted by molar-refractivity contribution is 0.667. The second-order valence-electron chi connectivity index (χ2n) is 16.1. The van der Waals surface area contributed by atoms with Crippen LogP contribution in [0.5, 0.6) is 0 Å². The average Bonchev–Trinajstić information content (AvgIpc) is 3.89. The fraction of sp³-hybridized carbons (Fsp3) is 0. The Morgan fingerprint density at radius 3 is 1.11 bits per heavy atom. The minimum Gasteiger partial charge on any atom is -0.455 e. The number of nitrogens with zero attached hydrogens (tertiary/aromatic N) is 2. The molecule has 13 rings (SSSR count). The molecule has 0 aliphatic heterocycles. The van der Waals surface area contributed by atoms with Gasteiger partial charge in [0.2, 0.25) is 0 Å². The molecule has 0 aliphatic carbocycles. The Morgan fingerprint density at radius 2 is 0.645 bits per heavy atom. The van der Waals surface area contributed by atoms with Crippen LogP contribution in [0.4, 0.5) is 34.1 Å². The zero-order valence-electron chi connectivity index (χ0n) is 33.5. The molecule has 0 radical (unpaired) electrons. The van der Waals surface area contributed by atoms with Crippen LogP contribution in [0.3, 0.4) is 0 Å². The monoisotopic (exact) mass is 792 g/mol. The standard InChI is InChI=1S/C58H36N2O2/c1-3-17-41(18-4-1)59(53-23-11-15-37-13-7-9-21-45(37)53)43-27-31-47-39(33-43)25-29-49-51-35-56-52(36-55(51)61-57(47)49)50-30-26-40-34-44(28-32-48(40)58(50)62-56)60(42-19-5-2-6-20-42)54-24-12-16-38-14-8-10-22-46(38)54/h1-36H. The van der Waals surface area contributed by atoms with Crippen molar-refractivity contribution < 1.29 is 8.83 Å². The molecule has 62 heavy (non-hydrogen) atoms. The van der Waals surface area contributed by atoms with Gasteiger partial charge in [-0.25, -0.2) is 0 Å². The summed E-state index contributed by atoms with van der Waals surface area (Å²) in [4.78, 5) is 4.69. The number of hydrogen-bond acceptors (Lipinski definition) is 4. The van der Waals surface area contributed by atoms with Crippen LogP contribution in [0.25, 0.3) is 87.0 Å². The summed E-state index contributed by atoms with van der Waals surface area (Å²) in [6.45, 7) is 0. The van der Waals surface area contributed by atoms with E-state index < -0.39 is 0 Å². The van der Waals surface area contributed by atoms with Crippen LogP contribution in [0.1, 0.15) is 0 Å². The van der Waals surface area contributed by atoms with Gasteiger partial charge >= 0.3 is 0 Å². The SMILES string of the molecule is c1ccc(N(c2ccc3c(ccc4c5cc6oc7c8ccc(N(c9ccccc9)c9cccc%10ccccc9%10)cc8ccc7c6cc5oc34)c2)c2cccc3ccccc23)cc1. The summed E-state index contributed by atoms with van der Waals surface area (Å²) in [5.74, 6) is 0. The highest BCUT2D eigenvalue weighted by atomic mass is 16.3. The van der Waals surface area contributed by atoms with E-state index in [1.54, 1.807) is 0 Å². The van der Waals surface area contributed by atoms with Crippen LogP contribution in [0.2, 0.25) is 0 Å².